The summed E-state index contributed by atoms with van der Waals surface area (Å²) in [5.41, 5.74) is 1.96. The Kier molecular flexibility index (Phi) is 6.27. The van der Waals surface area contributed by atoms with Gasteiger partial charge in [0.25, 0.3) is 11.5 Å². The number of likely N-dealkylation sites (N-methyl/N-ethyl adjacent to an activating group) is 1. The van der Waals surface area contributed by atoms with Gasteiger partial charge in [-0.15, -0.1) is 5.10 Å². The number of aromatic nitrogens is 4. The summed E-state index contributed by atoms with van der Waals surface area (Å²) in [7, 11) is 2.06. The molecular formula is C23H30N6O3. The number of rotatable bonds is 6. The number of aryl methyl sites for hydroxylation is 2. The molecule has 0 radical (unpaired) electrons. The highest BCUT2D eigenvalue weighted by molar-refractivity contribution is 5.96. The number of nitrogens with zero attached hydrogens (tertiary/aromatic N) is 5. The van der Waals surface area contributed by atoms with Crippen LogP contribution in [0.1, 0.15) is 42.1 Å². The first-order valence-electron chi connectivity index (χ1n) is 11.2. The fraction of sp³-hybridized carbons (Fsp3) is 0.478. The van der Waals surface area contributed by atoms with Gasteiger partial charge in [0.2, 0.25) is 0 Å². The average molecular weight is 439 g/mol. The number of piperazine rings is 1. The van der Waals surface area contributed by atoms with Crippen molar-refractivity contribution in [2.24, 2.45) is 0 Å². The van der Waals surface area contributed by atoms with Gasteiger partial charge in [-0.3, -0.25) is 9.59 Å². The molecule has 0 atom stereocenters. The fourth-order valence-corrected chi connectivity index (χ4v) is 4.06. The lowest BCUT2D eigenvalue weighted by Gasteiger charge is -2.32. The van der Waals surface area contributed by atoms with Gasteiger partial charge in [0.15, 0.2) is 11.3 Å². The highest BCUT2D eigenvalue weighted by Crippen LogP contribution is 2.29. The highest BCUT2D eigenvalue weighted by Gasteiger charge is 2.23. The maximum Gasteiger partial charge on any atom is 0.277 e. The van der Waals surface area contributed by atoms with Crippen molar-refractivity contribution >= 4 is 11.4 Å². The number of ether oxygens (including phenoxy) is 1. The second-order valence-electron chi connectivity index (χ2n) is 8.17. The number of hydrogen-bond acceptors (Lipinski definition) is 6. The Morgan fingerprint density at radius 2 is 1.94 bits per heavy atom. The summed E-state index contributed by atoms with van der Waals surface area (Å²) in [6.07, 6.45) is 1.60. The van der Waals surface area contributed by atoms with E-state index in [0.29, 0.717) is 60.0 Å². The number of aromatic amines is 1. The van der Waals surface area contributed by atoms with Crippen LogP contribution in [0.3, 0.4) is 0 Å². The Morgan fingerprint density at radius 1 is 1.19 bits per heavy atom. The van der Waals surface area contributed by atoms with E-state index in [-0.39, 0.29) is 11.5 Å². The molecule has 0 bridgehead atoms. The molecule has 3 aromatic rings. The normalized spacial score (nSPS) is 14.8. The van der Waals surface area contributed by atoms with E-state index in [4.69, 9.17) is 9.84 Å². The molecule has 1 amide bonds. The van der Waals surface area contributed by atoms with Gasteiger partial charge in [-0.25, -0.2) is 9.50 Å². The van der Waals surface area contributed by atoms with Gasteiger partial charge in [0, 0.05) is 38.2 Å². The van der Waals surface area contributed by atoms with Crippen molar-refractivity contribution in [2.45, 2.75) is 33.6 Å². The van der Waals surface area contributed by atoms with Crippen LogP contribution < -0.4 is 10.3 Å². The SMILES string of the molecule is CCCc1nc(C)c2c(=O)[nH]c(-c3cc(C(=O)N4CCN(C)CC4)ccc3OCC)nn12. The third-order valence-electron chi connectivity index (χ3n) is 5.79. The third kappa shape index (κ3) is 4.12. The number of imidazole rings is 1. The Balaban J connectivity index is 1.80. The van der Waals surface area contributed by atoms with E-state index in [1.807, 2.05) is 18.7 Å². The van der Waals surface area contributed by atoms with E-state index in [1.165, 1.54) is 0 Å². The second kappa shape index (κ2) is 9.12. The van der Waals surface area contributed by atoms with Crippen molar-refractivity contribution in [3.05, 3.63) is 45.6 Å². The number of nitrogens with one attached hydrogen (secondary N) is 1. The molecule has 2 aromatic heterocycles. The first-order valence-corrected chi connectivity index (χ1v) is 11.2. The molecule has 3 heterocycles. The average Bonchev–Trinajstić information content (AvgIpc) is 3.10. The molecule has 0 unspecified atom stereocenters. The van der Waals surface area contributed by atoms with Crippen LogP contribution >= 0.6 is 0 Å². The van der Waals surface area contributed by atoms with Crippen LogP contribution in [0.5, 0.6) is 5.75 Å². The minimum atomic E-state index is -0.263. The molecule has 1 aromatic carbocycles. The lowest BCUT2D eigenvalue weighted by molar-refractivity contribution is 0.0664. The van der Waals surface area contributed by atoms with E-state index in [0.717, 1.165) is 25.3 Å². The van der Waals surface area contributed by atoms with E-state index in [2.05, 4.69) is 28.8 Å². The summed E-state index contributed by atoms with van der Waals surface area (Å²) < 4.78 is 7.42. The predicted molar refractivity (Wildman–Crippen MR) is 122 cm³/mol. The molecule has 170 valence electrons. The van der Waals surface area contributed by atoms with Crippen LogP contribution in [0, 0.1) is 6.92 Å². The molecule has 9 heteroatoms. The van der Waals surface area contributed by atoms with Crippen LogP contribution in [-0.2, 0) is 6.42 Å². The maximum absolute atomic E-state index is 13.1. The topological polar surface area (TPSA) is 95.8 Å². The van der Waals surface area contributed by atoms with E-state index < -0.39 is 0 Å². The summed E-state index contributed by atoms with van der Waals surface area (Å²) in [5.74, 6) is 1.64. The molecule has 0 aliphatic carbocycles. The third-order valence-corrected chi connectivity index (χ3v) is 5.79. The minimum absolute atomic E-state index is 0.0315. The van der Waals surface area contributed by atoms with Crippen LogP contribution in [0.4, 0.5) is 0 Å². The molecule has 9 nitrogen and oxygen atoms in total. The van der Waals surface area contributed by atoms with E-state index >= 15 is 0 Å². The van der Waals surface area contributed by atoms with Gasteiger partial charge >= 0.3 is 0 Å². The van der Waals surface area contributed by atoms with Gasteiger partial charge in [-0.1, -0.05) is 6.92 Å². The minimum Gasteiger partial charge on any atom is -0.493 e. The number of fused-ring (bicyclic) bond motifs is 1. The van der Waals surface area contributed by atoms with Gasteiger partial charge in [-0.05, 0) is 45.5 Å². The first-order chi connectivity index (χ1) is 15.4. The number of benzene rings is 1. The summed E-state index contributed by atoms with van der Waals surface area (Å²) in [6, 6.07) is 5.31. The monoisotopic (exact) mass is 438 g/mol. The van der Waals surface area contributed by atoms with E-state index in [1.54, 1.807) is 22.7 Å². The molecule has 1 aliphatic rings. The fourth-order valence-electron chi connectivity index (χ4n) is 4.06. The van der Waals surface area contributed by atoms with Crippen molar-refractivity contribution in [1.82, 2.24) is 29.4 Å². The van der Waals surface area contributed by atoms with Crippen LogP contribution in [0.25, 0.3) is 16.9 Å². The smallest absolute Gasteiger partial charge is 0.277 e. The molecule has 0 spiro atoms. The van der Waals surface area contributed by atoms with Crippen molar-refractivity contribution in [3.63, 3.8) is 0 Å². The zero-order valence-corrected chi connectivity index (χ0v) is 19.1. The lowest BCUT2D eigenvalue weighted by Crippen LogP contribution is -2.47. The van der Waals surface area contributed by atoms with Gasteiger partial charge in [0.05, 0.1) is 17.9 Å². The van der Waals surface area contributed by atoms with Gasteiger partial charge < -0.3 is 19.5 Å². The molecule has 1 saturated heterocycles. The van der Waals surface area contributed by atoms with Gasteiger partial charge in [0.1, 0.15) is 11.6 Å². The zero-order valence-electron chi connectivity index (χ0n) is 19.1. The number of amides is 1. The molecule has 1 aliphatic heterocycles. The Hall–Kier alpha value is -3.20. The summed E-state index contributed by atoms with van der Waals surface area (Å²) in [5, 5.41) is 4.70. The lowest BCUT2D eigenvalue weighted by atomic mass is 10.1. The van der Waals surface area contributed by atoms with Gasteiger partial charge in [-0.2, -0.15) is 0 Å². The predicted octanol–water partition coefficient (Wildman–Crippen LogP) is 2.13. The quantitative estimate of drug-likeness (QED) is 0.634. The largest absolute Gasteiger partial charge is 0.493 e. The standard InChI is InChI=1S/C23H30N6O3/c1-5-7-19-24-15(3)20-22(30)25-21(26-29(19)20)17-14-16(8-9-18(17)32-6-2)23(31)28-12-10-27(4)11-13-28/h8-9,14H,5-7,10-13H2,1-4H3,(H,25,26,30). The Labute approximate surface area is 187 Å². The first kappa shape index (κ1) is 22.0. The molecular weight excluding hydrogens is 408 g/mol. The van der Waals surface area contributed by atoms with Crippen molar-refractivity contribution in [2.75, 3.05) is 39.8 Å². The molecule has 1 N–H and O–H groups in total. The summed E-state index contributed by atoms with van der Waals surface area (Å²) in [6.45, 7) is 9.29. The number of H-pyrrole nitrogens is 1. The number of hydrogen-bond donors (Lipinski definition) is 1. The van der Waals surface area contributed by atoms with Crippen LogP contribution in [-0.4, -0.2) is 75.1 Å². The highest BCUT2D eigenvalue weighted by atomic mass is 16.5. The molecule has 1 fully saturated rings. The van der Waals surface area contributed by atoms with Crippen molar-refractivity contribution in [3.8, 4) is 17.1 Å². The summed E-state index contributed by atoms with van der Waals surface area (Å²) >= 11 is 0. The van der Waals surface area contributed by atoms with Crippen LogP contribution in [0.15, 0.2) is 23.0 Å². The number of carbonyl (C=O) groups excluding carboxylic acids is 1. The second-order valence-corrected chi connectivity index (χ2v) is 8.17. The van der Waals surface area contributed by atoms with E-state index in [9.17, 15) is 9.59 Å². The van der Waals surface area contributed by atoms with Crippen molar-refractivity contribution < 1.29 is 9.53 Å². The summed E-state index contributed by atoms with van der Waals surface area (Å²) in [4.78, 5) is 37.5. The Morgan fingerprint density at radius 3 is 2.62 bits per heavy atom. The molecule has 0 saturated carbocycles. The van der Waals surface area contributed by atoms with Crippen LogP contribution in [0.2, 0.25) is 0 Å². The number of carbonyl (C=O) groups is 1. The molecule has 4 rings (SSSR count). The van der Waals surface area contributed by atoms with Crippen molar-refractivity contribution in [1.29, 1.82) is 0 Å². The maximum atomic E-state index is 13.1. The zero-order chi connectivity index (χ0) is 22.8. The molecule has 32 heavy (non-hydrogen) atoms. The Bertz CT molecular complexity index is 1190.